The number of carbonyl (C=O) groups is 1. The van der Waals surface area contributed by atoms with Crippen LogP contribution in [0.4, 0.5) is 10.1 Å². The zero-order valence-corrected chi connectivity index (χ0v) is 20.1. The van der Waals surface area contributed by atoms with E-state index in [1.54, 1.807) is 12.1 Å². The summed E-state index contributed by atoms with van der Waals surface area (Å²) < 4.78 is 16.1. The molecule has 0 unspecified atom stereocenters. The van der Waals surface area contributed by atoms with Gasteiger partial charge in [0.25, 0.3) is 5.91 Å². The third kappa shape index (κ3) is 4.20. The maximum Gasteiger partial charge on any atom is 0.270 e. The second-order valence-electron chi connectivity index (χ2n) is 7.43. The highest BCUT2D eigenvalue weighted by Gasteiger charge is 2.33. The molecule has 3 nitrogen and oxygen atoms in total. The number of thiocarbonyl (C=S) groups is 1. The molecule has 0 aliphatic carbocycles. The zero-order valence-electron chi connectivity index (χ0n) is 17.0. The van der Waals surface area contributed by atoms with Gasteiger partial charge in [0.15, 0.2) is 4.32 Å². The second kappa shape index (κ2) is 8.95. The van der Waals surface area contributed by atoms with Gasteiger partial charge in [0.05, 0.1) is 17.1 Å². The van der Waals surface area contributed by atoms with Gasteiger partial charge in [-0.15, -0.1) is 0 Å². The van der Waals surface area contributed by atoms with E-state index in [4.69, 9.17) is 35.4 Å². The van der Waals surface area contributed by atoms with Crippen LogP contribution < -0.4 is 4.90 Å². The van der Waals surface area contributed by atoms with E-state index in [0.717, 1.165) is 22.0 Å². The van der Waals surface area contributed by atoms with Crippen LogP contribution in [0.3, 0.4) is 0 Å². The van der Waals surface area contributed by atoms with E-state index in [9.17, 15) is 9.18 Å². The number of aromatic nitrogens is 1. The summed E-state index contributed by atoms with van der Waals surface area (Å²) in [6, 6.07) is 19.2. The minimum absolute atomic E-state index is 0.276. The first-order valence-electron chi connectivity index (χ1n) is 9.96. The highest BCUT2D eigenvalue weighted by Crippen LogP contribution is 2.37. The van der Waals surface area contributed by atoms with Crippen molar-refractivity contribution in [3.63, 3.8) is 0 Å². The first-order chi connectivity index (χ1) is 15.9. The fourth-order valence-electron chi connectivity index (χ4n) is 3.82. The minimum Gasteiger partial charge on any atom is -0.342 e. The molecule has 5 rings (SSSR count). The van der Waals surface area contributed by atoms with Gasteiger partial charge >= 0.3 is 0 Å². The zero-order chi connectivity index (χ0) is 23.1. The van der Waals surface area contributed by atoms with E-state index in [1.165, 1.54) is 28.8 Å². The van der Waals surface area contributed by atoms with Crippen molar-refractivity contribution in [2.45, 2.75) is 6.54 Å². The summed E-state index contributed by atoms with van der Waals surface area (Å²) in [5.74, 6) is -0.701. The third-order valence-electron chi connectivity index (χ3n) is 5.36. The van der Waals surface area contributed by atoms with Gasteiger partial charge in [-0.2, -0.15) is 0 Å². The van der Waals surface area contributed by atoms with Gasteiger partial charge in [0.2, 0.25) is 0 Å². The van der Waals surface area contributed by atoms with Gasteiger partial charge in [-0.25, -0.2) is 4.39 Å². The lowest BCUT2D eigenvalue weighted by Gasteiger charge is -2.14. The number of hydrogen-bond donors (Lipinski definition) is 0. The molecule has 0 bridgehead atoms. The molecule has 0 saturated carbocycles. The number of anilines is 1. The average Bonchev–Trinajstić information content (AvgIpc) is 3.27. The Balaban J connectivity index is 1.55. The van der Waals surface area contributed by atoms with Gasteiger partial charge in [0, 0.05) is 38.3 Å². The molecule has 1 saturated heterocycles. The highest BCUT2D eigenvalue weighted by atomic mass is 35.5. The summed E-state index contributed by atoms with van der Waals surface area (Å²) in [5, 5.41) is 2.17. The molecule has 1 aromatic heterocycles. The molecule has 1 amide bonds. The number of para-hydroxylation sites is 1. The van der Waals surface area contributed by atoms with Crippen LogP contribution in [0, 0.1) is 5.82 Å². The molecule has 3 aromatic carbocycles. The Hall–Kier alpha value is -2.64. The van der Waals surface area contributed by atoms with Crippen molar-refractivity contribution in [2.75, 3.05) is 4.90 Å². The van der Waals surface area contributed by atoms with Gasteiger partial charge in [-0.3, -0.25) is 9.69 Å². The lowest BCUT2D eigenvalue weighted by atomic mass is 10.1. The normalized spacial score (nSPS) is 15.2. The maximum absolute atomic E-state index is 13.7. The van der Waals surface area contributed by atoms with Crippen LogP contribution in [0.15, 0.2) is 77.8 Å². The van der Waals surface area contributed by atoms with Crippen molar-refractivity contribution in [3.05, 3.63) is 105 Å². The fraction of sp³-hybridized carbons (Fsp3) is 0.0400. The molecular weight excluding hydrogens is 498 g/mol. The van der Waals surface area contributed by atoms with Crippen LogP contribution in [0.5, 0.6) is 0 Å². The van der Waals surface area contributed by atoms with Crippen LogP contribution in [0.1, 0.15) is 11.1 Å². The first-order valence-corrected chi connectivity index (χ1v) is 11.9. The molecule has 0 radical (unpaired) electrons. The van der Waals surface area contributed by atoms with E-state index in [-0.39, 0.29) is 5.91 Å². The Labute approximate surface area is 209 Å². The van der Waals surface area contributed by atoms with Crippen LogP contribution in [-0.4, -0.2) is 14.8 Å². The summed E-state index contributed by atoms with van der Waals surface area (Å²) in [5.41, 5.74) is 3.09. The standard InChI is InChI=1S/C25H15Cl2FN2OS2/c26-20-8-4-9-21(27)19(20)14-29-13-15(18-7-1-2-10-22(18)29)11-23-24(31)30(25(32)33-23)17-6-3-5-16(28)12-17/h1-13H,14H2/b23-11+. The topological polar surface area (TPSA) is 25.2 Å². The minimum atomic E-state index is -0.424. The molecule has 1 aliphatic rings. The van der Waals surface area contributed by atoms with E-state index >= 15 is 0 Å². The Kier molecular flexibility index (Phi) is 6.01. The molecule has 1 fully saturated rings. The Bertz CT molecular complexity index is 1440. The van der Waals surface area contributed by atoms with Crippen molar-refractivity contribution >= 4 is 80.1 Å². The summed E-state index contributed by atoms with van der Waals surface area (Å²) >= 11 is 19.4. The molecule has 164 valence electrons. The van der Waals surface area contributed by atoms with Crippen molar-refractivity contribution in [1.82, 2.24) is 4.57 Å². The molecule has 33 heavy (non-hydrogen) atoms. The van der Waals surface area contributed by atoms with Crippen LogP contribution in [0.2, 0.25) is 10.0 Å². The van der Waals surface area contributed by atoms with E-state index < -0.39 is 5.82 Å². The monoisotopic (exact) mass is 512 g/mol. The molecule has 0 spiro atoms. The number of halogens is 3. The molecule has 4 aromatic rings. The number of hydrogen-bond acceptors (Lipinski definition) is 3. The van der Waals surface area contributed by atoms with Crippen molar-refractivity contribution in [3.8, 4) is 0 Å². The predicted molar refractivity (Wildman–Crippen MR) is 140 cm³/mol. The first kappa shape index (κ1) is 22.2. The molecule has 8 heteroatoms. The molecule has 2 heterocycles. The highest BCUT2D eigenvalue weighted by molar-refractivity contribution is 8.27. The van der Waals surface area contributed by atoms with Crippen LogP contribution >= 0.6 is 47.2 Å². The number of benzene rings is 3. The molecule has 0 N–H and O–H groups in total. The fourth-order valence-corrected chi connectivity index (χ4v) is 5.63. The SMILES string of the molecule is O=C1/C(=C\c2cn(Cc3c(Cl)cccc3Cl)c3ccccc23)SC(=S)N1c1cccc(F)c1. The quantitative estimate of drug-likeness (QED) is 0.208. The van der Waals surface area contributed by atoms with E-state index in [2.05, 4.69) is 4.57 Å². The third-order valence-corrected chi connectivity index (χ3v) is 7.37. The van der Waals surface area contributed by atoms with Gasteiger partial charge in [-0.05, 0) is 42.5 Å². The van der Waals surface area contributed by atoms with Crippen molar-refractivity contribution in [1.29, 1.82) is 0 Å². The van der Waals surface area contributed by atoms with Gasteiger partial charge in [0.1, 0.15) is 5.82 Å². The predicted octanol–water partition coefficient (Wildman–Crippen LogP) is 7.54. The Morgan fingerprint density at radius 1 is 1.00 bits per heavy atom. The summed E-state index contributed by atoms with van der Waals surface area (Å²) in [4.78, 5) is 15.0. The second-order valence-corrected chi connectivity index (χ2v) is 9.92. The van der Waals surface area contributed by atoms with Crippen LogP contribution in [-0.2, 0) is 11.3 Å². The Morgan fingerprint density at radius 3 is 2.48 bits per heavy atom. The number of nitrogens with zero attached hydrogens (tertiary/aromatic N) is 2. The van der Waals surface area contributed by atoms with E-state index in [0.29, 0.717) is 31.5 Å². The van der Waals surface area contributed by atoms with Gasteiger partial charge in [-0.1, -0.05) is 77.5 Å². The lowest BCUT2D eigenvalue weighted by Crippen LogP contribution is -2.27. The van der Waals surface area contributed by atoms with Crippen molar-refractivity contribution in [2.24, 2.45) is 0 Å². The molecule has 1 aliphatic heterocycles. The molecular formula is C25H15Cl2FN2OS2. The maximum atomic E-state index is 13.7. The van der Waals surface area contributed by atoms with Gasteiger partial charge < -0.3 is 4.57 Å². The summed E-state index contributed by atoms with van der Waals surface area (Å²) in [6.07, 6.45) is 3.80. The molecule has 0 atom stereocenters. The largest absolute Gasteiger partial charge is 0.342 e. The number of rotatable bonds is 4. The van der Waals surface area contributed by atoms with E-state index in [1.807, 2.05) is 54.7 Å². The Morgan fingerprint density at radius 2 is 1.73 bits per heavy atom. The number of fused-ring (bicyclic) bond motifs is 1. The number of carbonyl (C=O) groups excluding carboxylic acids is 1. The van der Waals surface area contributed by atoms with Crippen LogP contribution in [0.25, 0.3) is 17.0 Å². The summed E-state index contributed by atoms with van der Waals surface area (Å²) in [7, 11) is 0. The lowest BCUT2D eigenvalue weighted by molar-refractivity contribution is -0.113. The number of thioether (sulfide) groups is 1. The summed E-state index contributed by atoms with van der Waals surface area (Å²) in [6.45, 7) is 0.483. The average molecular weight is 513 g/mol. The number of amides is 1. The van der Waals surface area contributed by atoms with Crippen molar-refractivity contribution < 1.29 is 9.18 Å². The smallest absolute Gasteiger partial charge is 0.270 e.